The maximum absolute atomic E-state index is 13.5. The van der Waals surface area contributed by atoms with Crippen LogP contribution < -0.4 is 10.2 Å². The molecule has 0 saturated heterocycles. The topological polar surface area (TPSA) is 69.0 Å². The van der Waals surface area contributed by atoms with Crippen molar-refractivity contribution in [3.8, 4) is 6.07 Å². The number of carbonyl (C=O) groups is 1. The van der Waals surface area contributed by atoms with Crippen LogP contribution in [0.1, 0.15) is 39.0 Å². The van der Waals surface area contributed by atoms with Crippen molar-refractivity contribution in [2.75, 3.05) is 23.3 Å². The Bertz CT molecular complexity index is 1220. The highest BCUT2D eigenvalue weighted by Gasteiger charge is 2.30. The third-order valence-corrected chi connectivity index (χ3v) is 5.54. The van der Waals surface area contributed by atoms with Crippen molar-refractivity contribution in [2.24, 2.45) is 0 Å². The Hall–Kier alpha value is -3.86. The van der Waals surface area contributed by atoms with Crippen LogP contribution in [0.25, 0.3) is 0 Å². The third-order valence-electron chi connectivity index (χ3n) is 5.54. The van der Waals surface area contributed by atoms with Crippen LogP contribution in [0.4, 0.5) is 24.7 Å². The number of amides is 1. The largest absolute Gasteiger partial charge is 0.416 e. The van der Waals surface area contributed by atoms with Gasteiger partial charge in [-0.05, 0) is 59.9 Å². The average molecular weight is 450 g/mol. The first-order valence-corrected chi connectivity index (χ1v) is 10.5. The molecular formula is C25H21F3N4O. The number of aromatic nitrogens is 1. The van der Waals surface area contributed by atoms with Gasteiger partial charge in [0.2, 0.25) is 0 Å². The summed E-state index contributed by atoms with van der Waals surface area (Å²) in [4.78, 5) is 19.3. The third kappa shape index (κ3) is 4.98. The number of nitriles is 1. The van der Waals surface area contributed by atoms with Crippen molar-refractivity contribution < 1.29 is 18.0 Å². The van der Waals surface area contributed by atoms with Gasteiger partial charge in [-0.1, -0.05) is 24.3 Å². The SMILES string of the molecule is N#CCCN(C(=O)c1cccc2c1CCN2)c1cc(Cc2cccc(C(F)(F)F)c2)ccn1. The number of rotatable bonds is 6. The minimum atomic E-state index is -4.41. The van der Waals surface area contributed by atoms with Gasteiger partial charge in [-0.3, -0.25) is 9.69 Å². The molecule has 0 atom stereocenters. The van der Waals surface area contributed by atoms with E-state index >= 15 is 0 Å². The second kappa shape index (κ2) is 9.33. The molecule has 3 aromatic rings. The van der Waals surface area contributed by atoms with Gasteiger partial charge in [0.25, 0.3) is 5.91 Å². The Labute approximate surface area is 189 Å². The number of nitrogens with zero attached hydrogens (tertiary/aromatic N) is 3. The van der Waals surface area contributed by atoms with Crippen molar-refractivity contribution in [3.05, 3.63) is 88.6 Å². The van der Waals surface area contributed by atoms with Crippen LogP contribution in [0.15, 0.2) is 60.8 Å². The van der Waals surface area contributed by atoms with Crippen molar-refractivity contribution in [2.45, 2.75) is 25.4 Å². The molecule has 1 aromatic heterocycles. The lowest BCUT2D eigenvalue weighted by Gasteiger charge is -2.22. The van der Waals surface area contributed by atoms with E-state index in [0.717, 1.165) is 36.3 Å². The molecule has 4 rings (SSSR count). The first-order chi connectivity index (χ1) is 15.9. The predicted molar refractivity (Wildman–Crippen MR) is 119 cm³/mol. The minimum absolute atomic E-state index is 0.124. The number of hydrogen-bond donors (Lipinski definition) is 1. The second-order valence-electron chi connectivity index (χ2n) is 7.77. The fraction of sp³-hybridized carbons (Fsp3) is 0.240. The summed E-state index contributed by atoms with van der Waals surface area (Å²) >= 11 is 0. The lowest BCUT2D eigenvalue weighted by atomic mass is 10.0. The molecule has 5 nitrogen and oxygen atoms in total. The highest BCUT2D eigenvalue weighted by atomic mass is 19.4. The number of hydrogen-bond acceptors (Lipinski definition) is 4. The van der Waals surface area contributed by atoms with E-state index in [4.69, 9.17) is 5.26 Å². The van der Waals surface area contributed by atoms with Gasteiger partial charge >= 0.3 is 6.18 Å². The maximum Gasteiger partial charge on any atom is 0.416 e. The fourth-order valence-corrected chi connectivity index (χ4v) is 3.98. The maximum atomic E-state index is 13.5. The van der Waals surface area contributed by atoms with Crippen LogP contribution in [0, 0.1) is 11.3 Å². The summed E-state index contributed by atoms with van der Waals surface area (Å²) in [6.07, 6.45) is -1.78. The van der Waals surface area contributed by atoms with Gasteiger partial charge in [0.1, 0.15) is 5.82 Å². The number of benzene rings is 2. The summed E-state index contributed by atoms with van der Waals surface area (Å²) in [6.45, 7) is 0.912. The van der Waals surface area contributed by atoms with E-state index in [-0.39, 0.29) is 25.3 Å². The number of halogens is 3. The number of anilines is 2. The van der Waals surface area contributed by atoms with Crippen molar-refractivity contribution >= 4 is 17.4 Å². The summed E-state index contributed by atoms with van der Waals surface area (Å²) in [5.74, 6) is 0.109. The second-order valence-corrected chi connectivity index (χ2v) is 7.77. The van der Waals surface area contributed by atoms with Gasteiger partial charge in [0.05, 0.1) is 18.1 Å². The van der Waals surface area contributed by atoms with E-state index < -0.39 is 11.7 Å². The molecule has 1 N–H and O–H groups in total. The lowest BCUT2D eigenvalue weighted by molar-refractivity contribution is -0.137. The lowest BCUT2D eigenvalue weighted by Crippen LogP contribution is -2.33. The van der Waals surface area contributed by atoms with E-state index in [1.165, 1.54) is 17.2 Å². The number of nitrogens with one attached hydrogen (secondary N) is 1. The molecule has 0 aliphatic carbocycles. The highest BCUT2D eigenvalue weighted by Crippen LogP contribution is 2.31. The normalized spacial score (nSPS) is 12.5. The van der Waals surface area contributed by atoms with Crippen molar-refractivity contribution in [1.82, 2.24) is 4.98 Å². The molecule has 1 aliphatic heterocycles. The Morgan fingerprint density at radius 3 is 2.70 bits per heavy atom. The van der Waals surface area contributed by atoms with Gasteiger partial charge in [0.15, 0.2) is 0 Å². The van der Waals surface area contributed by atoms with Crippen LogP contribution in [-0.4, -0.2) is 24.0 Å². The van der Waals surface area contributed by atoms with Crippen LogP contribution in [0.5, 0.6) is 0 Å². The smallest absolute Gasteiger partial charge is 0.384 e. The highest BCUT2D eigenvalue weighted by molar-refractivity contribution is 6.07. The van der Waals surface area contributed by atoms with Gasteiger partial charge in [-0.25, -0.2) is 4.98 Å². The Morgan fingerprint density at radius 2 is 1.91 bits per heavy atom. The molecule has 2 aromatic carbocycles. The summed E-state index contributed by atoms with van der Waals surface area (Å²) in [5.41, 5.74) is 2.93. The molecule has 0 radical (unpaired) electrons. The number of fused-ring (bicyclic) bond motifs is 1. The number of pyridine rings is 1. The average Bonchev–Trinajstić information content (AvgIpc) is 3.28. The quantitative estimate of drug-likeness (QED) is 0.559. The van der Waals surface area contributed by atoms with E-state index in [1.807, 2.05) is 12.1 Å². The molecule has 0 spiro atoms. The molecule has 1 amide bonds. The number of alkyl halides is 3. The molecule has 33 heavy (non-hydrogen) atoms. The molecule has 1 aliphatic rings. The van der Waals surface area contributed by atoms with Crippen LogP contribution in [0.3, 0.4) is 0 Å². The summed E-state index contributed by atoms with van der Waals surface area (Å²) in [7, 11) is 0. The molecule has 2 heterocycles. The van der Waals surface area contributed by atoms with Crippen LogP contribution >= 0.6 is 0 Å². The van der Waals surface area contributed by atoms with Crippen LogP contribution in [-0.2, 0) is 19.0 Å². The first-order valence-electron chi connectivity index (χ1n) is 10.5. The van der Waals surface area contributed by atoms with Crippen molar-refractivity contribution in [3.63, 3.8) is 0 Å². The standard InChI is InChI=1S/C25H21F3N4O/c26-25(27,28)19-5-1-4-17(15-19)14-18-8-11-31-23(16-18)32(13-3-10-29)24(33)21-6-2-7-22-20(21)9-12-30-22/h1-2,4-8,11,15-16,30H,3,9,12-14H2. The zero-order valence-corrected chi connectivity index (χ0v) is 17.7. The summed E-state index contributed by atoms with van der Waals surface area (Å²) in [6, 6.07) is 16.1. The molecule has 0 unspecified atom stereocenters. The Balaban J connectivity index is 1.63. The monoisotopic (exact) mass is 450 g/mol. The van der Waals surface area contributed by atoms with Gasteiger partial charge in [0, 0.05) is 30.5 Å². The zero-order valence-electron chi connectivity index (χ0n) is 17.7. The van der Waals surface area contributed by atoms with Gasteiger partial charge < -0.3 is 5.32 Å². The molecule has 0 saturated carbocycles. The van der Waals surface area contributed by atoms with Crippen LogP contribution in [0.2, 0.25) is 0 Å². The van der Waals surface area contributed by atoms with Gasteiger partial charge in [-0.2, -0.15) is 18.4 Å². The van der Waals surface area contributed by atoms with Gasteiger partial charge in [-0.15, -0.1) is 0 Å². The molecule has 8 heteroatoms. The summed E-state index contributed by atoms with van der Waals surface area (Å²) < 4.78 is 39.2. The summed E-state index contributed by atoms with van der Waals surface area (Å²) in [5, 5.41) is 12.4. The van der Waals surface area contributed by atoms with E-state index in [2.05, 4.69) is 16.4 Å². The first kappa shape index (κ1) is 22.3. The fourth-order valence-electron chi connectivity index (χ4n) is 3.98. The predicted octanol–water partition coefficient (Wildman–Crippen LogP) is 5.22. The molecular weight excluding hydrogens is 429 g/mol. The van der Waals surface area contributed by atoms with E-state index in [9.17, 15) is 18.0 Å². The molecule has 0 bridgehead atoms. The molecule has 168 valence electrons. The number of carbonyl (C=O) groups excluding carboxylic acids is 1. The van der Waals surface area contributed by atoms with E-state index in [0.29, 0.717) is 22.5 Å². The Morgan fingerprint density at radius 1 is 1.12 bits per heavy atom. The minimum Gasteiger partial charge on any atom is -0.384 e. The zero-order chi connectivity index (χ0) is 23.4. The Kier molecular flexibility index (Phi) is 6.31. The molecule has 0 fully saturated rings. The van der Waals surface area contributed by atoms with Crippen molar-refractivity contribution in [1.29, 1.82) is 5.26 Å². The van der Waals surface area contributed by atoms with E-state index in [1.54, 1.807) is 24.3 Å².